The fraction of sp³-hybridized carbons (Fsp3) is 0.500. The molecule has 0 aliphatic carbocycles. The minimum Gasteiger partial charge on any atom is -0.314 e. The van der Waals surface area contributed by atoms with Crippen LogP contribution < -0.4 is 5.32 Å². The normalized spacial score (nSPS) is 19.1. The number of rotatable bonds is 4. The zero-order valence-electron chi connectivity index (χ0n) is 12.0. The van der Waals surface area contributed by atoms with E-state index in [1.807, 2.05) is 13.0 Å². The molecule has 3 rings (SSSR count). The first-order valence-electron chi connectivity index (χ1n) is 7.54. The molecule has 1 atom stereocenters. The van der Waals surface area contributed by atoms with E-state index >= 15 is 0 Å². The molecule has 1 aliphatic heterocycles. The van der Waals surface area contributed by atoms with Crippen LogP contribution in [0.3, 0.4) is 0 Å². The van der Waals surface area contributed by atoms with E-state index in [-0.39, 0.29) is 0 Å². The van der Waals surface area contributed by atoms with Gasteiger partial charge >= 0.3 is 0 Å². The number of hydrogen-bond acceptors (Lipinski definition) is 3. The zero-order chi connectivity index (χ0) is 13.8. The molecule has 1 unspecified atom stereocenters. The van der Waals surface area contributed by atoms with E-state index in [0.29, 0.717) is 6.04 Å². The van der Waals surface area contributed by atoms with E-state index in [9.17, 15) is 0 Å². The largest absolute Gasteiger partial charge is 0.314 e. The van der Waals surface area contributed by atoms with Gasteiger partial charge < -0.3 is 5.32 Å². The molecular weight excluding hydrogens is 248 g/mol. The van der Waals surface area contributed by atoms with Crippen LogP contribution in [0.15, 0.2) is 30.3 Å². The third-order valence-corrected chi connectivity index (χ3v) is 4.04. The fourth-order valence-electron chi connectivity index (χ4n) is 2.95. The van der Waals surface area contributed by atoms with Gasteiger partial charge in [-0.3, -0.25) is 4.57 Å². The molecule has 4 nitrogen and oxygen atoms in total. The monoisotopic (exact) mass is 270 g/mol. The van der Waals surface area contributed by atoms with Crippen molar-refractivity contribution in [2.24, 2.45) is 0 Å². The summed E-state index contributed by atoms with van der Waals surface area (Å²) in [5.74, 6) is 2.03. The van der Waals surface area contributed by atoms with Crippen LogP contribution in [-0.2, 0) is 6.42 Å². The van der Waals surface area contributed by atoms with Gasteiger partial charge in [0.1, 0.15) is 11.6 Å². The molecule has 0 bridgehead atoms. The maximum Gasteiger partial charge on any atom is 0.137 e. The van der Waals surface area contributed by atoms with Crippen molar-refractivity contribution in [1.29, 1.82) is 0 Å². The number of piperidine rings is 1. The quantitative estimate of drug-likeness (QED) is 0.928. The Bertz CT molecular complexity index is 541. The highest BCUT2D eigenvalue weighted by Gasteiger charge is 2.15. The molecule has 1 saturated heterocycles. The molecule has 1 aromatic carbocycles. The van der Waals surface area contributed by atoms with Gasteiger partial charge in [0.05, 0.1) is 0 Å². The van der Waals surface area contributed by atoms with Gasteiger partial charge in [0.2, 0.25) is 0 Å². The van der Waals surface area contributed by atoms with E-state index in [2.05, 4.69) is 44.3 Å². The summed E-state index contributed by atoms with van der Waals surface area (Å²) in [6.07, 6.45) is 6.08. The minimum atomic E-state index is 0.643. The van der Waals surface area contributed by atoms with E-state index in [1.165, 1.54) is 19.3 Å². The van der Waals surface area contributed by atoms with Crippen LogP contribution in [0.4, 0.5) is 0 Å². The molecule has 2 aromatic rings. The lowest BCUT2D eigenvalue weighted by atomic mass is 10.0. The summed E-state index contributed by atoms with van der Waals surface area (Å²) in [6, 6.07) is 11.0. The Kier molecular flexibility index (Phi) is 4.11. The number of aryl methyl sites for hydroxylation is 2. The molecule has 0 amide bonds. The molecule has 1 aliphatic rings. The van der Waals surface area contributed by atoms with Crippen molar-refractivity contribution >= 4 is 0 Å². The molecular formula is C16H22N4. The predicted molar refractivity (Wildman–Crippen MR) is 80.1 cm³/mol. The Balaban J connectivity index is 1.74. The summed E-state index contributed by atoms with van der Waals surface area (Å²) in [5, 5.41) is 12.2. The van der Waals surface area contributed by atoms with Crippen molar-refractivity contribution in [3.8, 4) is 5.69 Å². The number of nitrogens with one attached hydrogen (secondary N) is 1. The molecule has 1 N–H and O–H groups in total. The van der Waals surface area contributed by atoms with Gasteiger partial charge in [0, 0.05) is 18.2 Å². The molecule has 0 spiro atoms. The van der Waals surface area contributed by atoms with E-state index in [4.69, 9.17) is 0 Å². The van der Waals surface area contributed by atoms with Gasteiger partial charge in [0.15, 0.2) is 0 Å². The molecule has 1 aromatic heterocycles. The Hall–Kier alpha value is -1.68. The third-order valence-electron chi connectivity index (χ3n) is 4.04. The van der Waals surface area contributed by atoms with Crippen LogP contribution in [-0.4, -0.2) is 27.4 Å². The van der Waals surface area contributed by atoms with Crippen LogP contribution in [0.25, 0.3) is 5.69 Å². The first-order chi connectivity index (χ1) is 9.84. The first-order valence-corrected chi connectivity index (χ1v) is 7.54. The Morgan fingerprint density at radius 2 is 2.05 bits per heavy atom. The van der Waals surface area contributed by atoms with Crippen molar-refractivity contribution < 1.29 is 0 Å². The molecule has 20 heavy (non-hydrogen) atoms. The van der Waals surface area contributed by atoms with Crippen molar-refractivity contribution in [3.63, 3.8) is 0 Å². The van der Waals surface area contributed by atoms with Crippen LogP contribution in [0.5, 0.6) is 0 Å². The molecule has 0 saturated carbocycles. The first kappa shape index (κ1) is 13.3. The minimum absolute atomic E-state index is 0.643. The second-order valence-corrected chi connectivity index (χ2v) is 5.52. The number of benzene rings is 1. The molecule has 4 heteroatoms. The SMILES string of the molecule is Cc1nnc(CCC2CCCCN2)n1-c1ccccc1. The lowest BCUT2D eigenvalue weighted by Gasteiger charge is -2.23. The number of nitrogens with zero attached hydrogens (tertiary/aromatic N) is 3. The summed E-state index contributed by atoms with van der Waals surface area (Å²) in [4.78, 5) is 0. The van der Waals surface area contributed by atoms with Crippen LogP contribution >= 0.6 is 0 Å². The topological polar surface area (TPSA) is 42.7 Å². The van der Waals surface area contributed by atoms with Gasteiger partial charge in [-0.05, 0) is 44.9 Å². The standard InChI is InChI=1S/C16H22N4/c1-13-18-19-16(11-10-14-7-5-6-12-17-14)20(13)15-8-3-2-4-9-15/h2-4,8-9,14,17H,5-7,10-12H2,1H3. The predicted octanol–water partition coefficient (Wildman–Crippen LogP) is 2.65. The van der Waals surface area contributed by atoms with Crippen molar-refractivity contribution in [2.45, 2.75) is 45.1 Å². The number of para-hydroxylation sites is 1. The highest BCUT2D eigenvalue weighted by atomic mass is 15.3. The number of hydrogen-bond donors (Lipinski definition) is 1. The second-order valence-electron chi connectivity index (χ2n) is 5.52. The molecule has 2 heterocycles. The maximum atomic E-state index is 4.36. The Morgan fingerprint density at radius 3 is 2.80 bits per heavy atom. The van der Waals surface area contributed by atoms with Gasteiger partial charge in [-0.15, -0.1) is 10.2 Å². The van der Waals surface area contributed by atoms with E-state index in [0.717, 1.165) is 36.7 Å². The maximum absolute atomic E-state index is 4.36. The number of aromatic nitrogens is 3. The van der Waals surface area contributed by atoms with Crippen molar-refractivity contribution in [3.05, 3.63) is 42.0 Å². The third kappa shape index (κ3) is 2.90. The fourth-order valence-corrected chi connectivity index (χ4v) is 2.95. The van der Waals surface area contributed by atoms with Crippen molar-refractivity contribution in [1.82, 2.24) is 20.1 Å². The summed E-state index contributed by atoms with van der Waals surface area (Å²) >= 11 is 0. The molecule has 0 radical (unpaired) electrons. The Labute approximate surface area is 120 Å². The van der Waals surface area contributed by atoms with Gasteiger partial charge in [-0.2, -0.15) is 0 Å². The zero-order valence-corrected chi connectivity index (χ0v) is 12.0. The van der Waals surface area contributed by atoms with Crippen LogP contribution in [0.2, 0.25) is 0 Å². The highest BCUT2D eigenvalue weighted by Crippen LogP contribution is 2.16. The molecule has 106 valence electrons. The average molecular weight is 270 g/mol. The highest BCUT2D eigenvalue weighted by molar-refractivity contribution is 5.33. The smallest absolute Gasteiger partial charge is 0.137 e. The van der Waals surface area contributed by atoms with Gasteiger partial charge in [-0.1, -0.05) is 24.6 Å². The lowest BCUT2D eigenvalue weighted by Crippen LogP contribution is -2.34. The van der Waals surface area contributed by atoms with E-state index in [1.54, 1.807) is 0 Å². The van der Waals surface area contributed by atoms with Gasteiger partial charge in [0.25, 0.3) is 0 Å². The van der Waals surface area contributed by atoms with Crippen LogP contribution in [0, 0.1) is 6.92 Å². The second kappa shape index (κ2) is 6.18. The van der Waals surface area contributed by atoms with E-state index < -0.39 is 0 Å². The summed E-state index contributed by atoms with van der Waals surface area (Å²) in [7, 11) is 0. The summed E-state index contributed by atoms with van der Waals surface area (Å²) in [6.45, 7) is 3.18. The summed E-state index contributed by atoms with van der Waals surface area (Å²) in [5.41, 5.74) is 1.15. The molecule has 1 fully saturated rings. The Morgan fingerprint density at radius 1 is 1.20 bits per heavy atom. The van der Waals surface area contributed by atoms with Crippen molar-refractivity contribution in [2.75, 3.05) is 6.54 Å². The van der Waals surface area contributed by atoms with Gasteiger partial charge in [-0.25, -0.2) is 0 Å². The average Bonchev–Trinajstić information content (AvgIpc) is 2.88. The lowest BCUT2D eigenvalue weighted by molar-refractivity contribution is 0.380. The summed E-state index contributed by atoms with van der Waals surface area (Å²) < 4.78 is 2.17. The van der Waals surface area contributed by atoms with Crippen LogP contribution in [0.1, 0.15) is 37.3 Å².